The van der Waals surface area contributed by atoms with Crippen LogP contribution in [-0.4, -0.2) is 47.5 Å². The number of unbranched alkanes of at least 4 members (excludes halogenated alkanes) is 5. The third-order valence-electron chi connectivity index (χ3n) is 7.17. The molecule has 0 aromatic heterocycles. The van der Waals surface area contributed by atoms with Crippen molar-refractivity contribution in [2.75, 3.05) is 13.1 Å². The van der Waals surface area contributed by atoms with Gasteiger partial charge in [-0.25, -0.2) is 4.79 Å². The number of benzene rings is 1. The zero-order valence-electron chi connectivity index (χ0n) is 26.1. The second-order valence-corrected chi connectivity index (χ2v) is 11.8. The molecule has 1 aromatic rings. The summed E-state index contributed by atoms with van der Waals surface area (Å²) in [6, 6.07) is 4.37. The normalized spacial score (nSPS) is 13.8. The Balaban J connectivity index is 3.51. The summed E-state index contributed by atoms with van der Waals surface area (Å²) in [6.07, 6.45) is 7.01. The van der Waals surface area contributed by atoms with Crippen molar-refractivity contribution in [3.63, 3.8) is 0 Å². The number of alkyl carbamates (subject to hydrolysis) is 1. The topological polar surface area (TPSA) is 87.7 Å². The average Bonchev–Trinajstić information content (AvgIpc) is 2.86. The molecule has 7 nitrogen and oxygen atoms in total. The maximum absolute atomic E-state index is 14.3. The Bertz CT molecular complexity index is 909. The summed E-state index contributed by atoms with van der Waals surface area (Å²) >= 11 is 0. The summed E-state index contributed by atoms with van der Waals surface area (Å²) in [5.41, 5.74) is 2.30. The van der Waals surface area contributed by atoms with Gasteiger partial charge in [0.05, 0.1) is 0 Å². The van der Waals surface area contributed by atoms with Crippen LogP contribution in [0.1, 0.15) is 123 Å². The van der Waals surface area contributed by atoms with Crippen molar-refractivity contribution in [3.8, 4) is 0 Å². The van der Waals surface area contributed by atoms with Gasteiger partial charge in [-0.3, -0.25) is 9.59 Å². The van der Waals surface area contributed by atoms with Crippen molar-refractivity contribution in [2.45, 2.75) is 131 Å². The standard InChI is InChI=1S/C32H55N3O4/c1-10-13-15-16-17-21-35(30(37)27(23(4)12-3)34-31(38)39-32(7,8)9)28(29(36)33-20-14-11-2)26-19-18-24(5)25(6)22-26/h18-19,22-23,27-28H,10-17,20-21H2,1-9H3,(H,33,36)(H,34,38). The number of nitrogens with one attached hydrogen (secondary N) is 2. The molecule has 0 fully saturated rings. The zero-order valence-corrected chi connectivity index (χ0v) is 26.1. The average molecular weight is 546 g/mol. The Morgan fingerprint density at radius 1 is 0.923 bits per heavy atom. The fraction of sp³-hybridized carbons (Fsp3) is 0.719. The second-order valence-electron chi connectivity index (χ2n) is 11.8. The predicted octanol–water partition coefficient (Wildman–Crippen LogP) is 7.00. The van der Waals surface area contributed by atoms with E-state index in [1.807, 2.05) is 45.9 Å². The molecule has 7 heteroatoms. The van der Waals surface area contributed by atoms with Crippen molar-refractivity contribution in [2.24, 2.45) is 5.92 Å². The highest BCUT2D eigenvalue weighted by Gasteiger charge is 2.38. The van der Waals surface area contributed by atoms with E-state index in [4.69, 9.17) is 4.74 Å². The van der Waals surface area contributed by atoms with Crippen molar-refractivity contribution in [1.82, 2.24) is 15.5 Å². The van der Waals surface area contributed by atoms with Crippen LogP contribution in [0.15, 0.2) is 18.2 Å². The lowest BCUT2D eigenvalue weighted by molar-refractivity contribution is -0.143. The molecule has 0 aliphatic rings. The summed E-state index contributed by atoms with van der Waals surface area (Å²) < 4.78 is 5.51. The molecule has 0 spiro atoms. The molecule has 0 bridgehead atoms. The molecule has 222 valence electrons. The Labute approximate surface area is 237 Å². The summed E-state index contributed by atoms with van der Waals surface area (Å²) in [4.78, 5) is 42.6. The van der Waals surface area contributed by atoms with E-state index < -0.39 is 23.8 Å². The van der Waals surface area contributed by atoms with Crippen LogP contribution in [0, 0.1) is 19.8 Å². The van der Waals surface area contributed by atoms with Crippen molar-refractivity contribution in [3.05, 3.63) is 34.9 Å². The SMILES string of the molecule is CCCCCCCN(C(=O)C(NC(=O)OC(C)(C)C)C(C)CC)C(C(=O)NCCCC)c1ccc(C)c(C)c1. The lowest BCUT2D eigenvalue weighted by atomic mass is 9.94. The van der Waals surface area contributed by atoms with Crippen LogP contribution < -0.4 is 10.6 Å². The molecular weight excluding hydrogens is 490 g/mol. The molecular formula is C32H55N3O4. The lowest BCUT2D eigenvalue weighted by Gasteiger charge is -2.36. The maximum atomic E-state index is 14.3. The van der Waals surface area contributed by atoms with Gasteiger partial charge in [-0.05, 0) is 70.1 Å². The first kappa shape index (κ1) is 34.5. The number of hydrogen-bond donors (Lipinski definition) is 2. The van der Waals surface area contributed by atoms with Gasteiger partial charge in [0, 0.05) is 13.1 Å². The van der Waals surface area contributed by atoms with Gasteiger partial charge in [-0.1, -0.05) is 84.4 Å². The first-order valence-electron chi connectivity index (χ1n) is 15.0. The van der Waals surface area contributed by atoms with E-state index in [-0.39, 0.29) is 17.7 Å². The molecule has 0 aliphatic heterocycles. The molecule has 0 aliphatic carbocycles. The molecule has 3 unspecified atom stereocenters. The number of amides is 3. The van der Waals surface area contributed by atoms with Gasteiger partial charge in [-0.15, -0.1) is 0 Å². The van der Waals surface area contributed by atoms with Crippen LogP contribution in [0.25, 0.3) is 0 Å². The molecule has 0 saturated carbocycles. The van der Waals surface area contributed by atoms with E-state index >= 15 is 0 Å². The number of rotatable bonds is 16. The molecule has 0 heterocycles. The van der Waals surface area contributed by atoms with E-state index in [1.165, 1.54) is 0 Å². The second kappa shape index (κ2) is 17.2. The highest BCUT2D eigenvalue weighted by atomic mass is 16.6. The minimum Gasteiger partial charge on any atom is -0.444 e. The van der Waals surface area contributed by atoms with Crippen molar-refractivity contribution >= 4 is 17.9 Å². The lowest BCUT2D eigenvalue weighted by Crippen LogP contribution is -2.55. The Morgan fingerprint density at radius 3 is 2.13 bits per heavy atom. The van der Waals surface area contributed by atoms with Crippen LogP contribution in [0.2, 0.25) is 0 Å². The van der Waals surface area contributed by atoms with Gasteiger partial charge < -0.3 is 20.3 Å². The highest BCUT2D eigenvalue weighted by molar-refractivity contribution is 5.92. The van der Waals surface area contributed by atoms with Crippen LogP contribution >= 0.6 is 0 Å². The molecule has 39 heavy (non-hydrogen) atoms. The zero-order chi connectivity index (χ0) is 29.6. The largest absolute Gasteiger partial charge is 0.444 e. The van der Waals surface area contributed by atoms with Crippen LogP contribution in [0.3, 0.4) is 0 Å². The fourth-order valence-corrected chi connectivity index (χ4v) is 4.44. The number of ether oxygens (including phenoxy) is 1. The van der Waals surface area contributed by atoms with E-state index in [0.29, 0.717) is 19.5 Å². The van der Waals surface area contributed by atoms with Crippen molar-refractivity contribution in [1.29, 1.82) is 0 Å². The molecule has 3 amide bonds. The fourth-order valence-electron chi connectivity index (χ4n) is 4.44. The third kappa shape index (κ3) is 12.0. The molecule has 0 radical (unpaired) electrons. The molecule has 1 aromatic carbocycles. The first-order valence-corrected chi connectivity index (χ1v) is 15.0. The van der Waals surface area contributed by atoms with Gasteiger partial charge in [0.25, 0.3) is 0 Å². The summed E-state index contributed by atoms with van der Waals surface area (Å²) in [5.74, 6) is -0.579. The molecule has 3 atom stereocenters. The summed E-state index contributed by atoms with van der Waals surface area (Å²) in [5, 5.41) is 5.92. The number of nitrogens with zero attached hydrogens (tertiary/aromatic N) is 1. The minimum absolute atomic E-state index is 0.142. The monoisotopic (exact) mass is 545 g/mol. The minimum atomic E-state index is -0.807. The van der Waals surface area contributed by atoms with E-state index in [0.717, 1.165) is 61.6 Å². The first-order chi connectivity index (χ1) is 18.4. The Kier molecular flexibility index (Phi) is 15.2. The smallest absolute Gasteiger partial charge is 0.408 e. The highest BCUT2D eigenvalue weighted by Crippen LogP contribution is 2.27. The predicted molar refractivity (Wildman–Crippen MR) is 160 cm³/mol. The number of carbonyl (C=O) groups is 3. The Hall–Kier alpha value is -2.57. The maximum Gasteiger partial charge on any atom is 0.408 e. The van der Waals surface area contributed by atoms with Crippen LogP contribution in [-0.2, 0) is 14.3 Å². The Morgan fingerprint density at radius 2 is 1.56 bits per heavy atom. The van der Waals surface area contributed by atoms with Gasteiger partial charge >= 0.3 is 6.09 Å². The van der Waals surface area contributed by atoms with E-state index in [2.05, 4.69) is 24.5 Å². The summed E-state index contributed by atoms with van der Waals surface area (Å²) in [6.45, 7) is 18.6. The van der Waals surface area contributed by atoms with E-state index in [9.17, 15) is 14.4 Å². The van der Waals surface area contributed by atoms with Crippen LogP contribution in [0.4, 0.5) is 4.79 Å². The van der Waals surface area contributed by atoms with Crippen molar-refractivity contribution < 1.29 is 19.1 Å². The third-order valence-corrected chi connectivity index (χ3v) is 7.17. The molecule has 0 saturated heterocycles. The van der Waals surface area contributed by atoms with Gasteiger partial charge in [0.1, 0.15) is 17.7 Å². The molecule has 1 rings (SSSR count). The number of hydrogen-bond acceptors (Lipinski definition) is 4. The van der Waals surface area contributed by atoms with Gasteiger partial charge in [-0.2, -0.15) is 0 Å². The van der Waals surface area contributed by atoms with Gasteiger partial charge in [0.15, 0.2) is 0 Å². The van der Waals surface area contributed by atoms with Gasteiger partial charge in [0.2, 0.25) is 11.8 Å². The molecule has 2 N–H and O–H groups in total. The summed E-state index contributed by atoms with van der Waals surface area (Å²) in [7, 11) is 0. The van der Waals surface area contributed by atoms with Crippen LogP contribution in [0.5, 0.6) is 0 Å². The number of aryl methyl sites for hydroxylation is 2. The number of carbonyl (C=O) groups excluding carboxylic acids is 3. The van der Waals surface area contributed by atoms with E-state index in [1.54, 1.807) is 25.7 Å². The quantitative estimate of drug-likeness (QED) is 0.219.